The first kappa shape index (κ1) is 15.5. The first-order chi connectivity index (χ1) is 11.7. The van der Waals surface area contributed by atoms with Gasteiger partial charge in [0.25, 0.3) is 11.8 Å². The van der Waals surface area contributed by atoms with Crippen molar-refractivity contribution in [2.24, 2.45) is 5.10 Å². The van der Waals surface area contributed by atoms with E-state index in [-0.39, 0.29) is 19.2 Å². The van der Waals surface area contributed by atoms with Gasteiger partial charge in [0.1, 0.15) is 0 Å². The van der Waals surface area contributed by atoms with Crippen molar-refractivity contribution >= 4 is 18.0 Å². The van der Waals surface area contributed by atoms with Crippen LogP contribution in [-0.2, 0) is 4.79 Å². The van der Waals surface area contributed by atoms with E-state index in [2.05, 4.69) is 20.8 Å². The van der Waals surface area contributed by atoms with Crippen LogP contribution in [0.5, 0.6) is 11.5 Å². The Morgan fingerprint density at radius 1 is 1.17 bits per heavy atom. The average Bonchev–Trinajstić information content (AvgIpc) is 3.08. The summed E-state index contributed by atoms with van der Waals surface area (Å²) in [4.78, 5) is 27.2. The standard InChI is InChI=1S/C16H14N4O4/c21-15(9-18-16(22)12-3-5-17-6-4-12)20-19-8-11-1-2-13-14(7-11)24-10-23-13/h1-8H,9-10H2,(H,18,22)(H,20,21)/b19-8-. The van der Waals surface area contributed by atoms with Crippen LogP contribution in [0.2, 0.25) is 0 Å². The average molecular weight is 326 g/mol. The molecule has 0 saturated carbocycles. The van der Waals surface area contributed by atoms with Gasteiger partial charge in [-0.3, -0.25) is 14.6 Å². The zero-order chi connectivity index (χ0) is 16.8. The Morgan fingerprint density at radius 3 is 2.79 bits per heavy atom. The maximum absolute atomic E-state index is 11.8. The van der Waals surface area contributed by atoms with Crippen LogP contribution in [-0.4, -0.2) is 36.4 Å². The summed E-state index contributed by atoms with van der Waals surface area (Å²) >= 11 is 0. The van der Waals surface area contributed by atoms with Gasteiger partial charge in [-0.15, -0.1) is 0 Å². The molecule has 1 aliphatic heterocycles. The summed E-state index contributed by atoms with van der Waals surface area (Å²) in [5.41, 5.74) is 3.52. The lowest BCUT2D eigenvalue weighted by Gasteiger charge is -2.03. The maximum atomic E-state index is 11.8. The van der Waals surface area contributed by atoms with Crippen molar-refractivity contribution in [2.75, 3.05) is 13.3 Å². The molecule has 2 amide bonds. The van der Waals surface area contributed by atoms with Crippen LogP contribution in [0.15, 0.2) is 47.8 Å². The molecule has 2 heterocycles. The molecule has 0 aliphatic carbocycles. The fourth-order valence-corrected chi connectivity index (χ4v) is 1.98. The van der Waals surface area contributed by atoms with E-state index in [9.17, 15) is 9.59 Å². The zero-order valence-corrected chi connectivity index (χ0v) is 12.6. The summed E-state index contributed by atoms with van der Waals surface area (Å²) in [5, 5.41) is 6.33. The van der Waals surface area contributed by atoms with E-state index in [0.717, 1.165) is 5.56 Å². The summed E-state index contributed by atoms with van der Waals surface area (Å²) in [7, 11) is 0. The molecule has 0 atom stereocenters. The number of hydrogen-bond acceptors (Lipinski definition) is 6. The second kappa shape index (κ2) is 7.23. The van der Waals surface area contributed by atoms with Crippen LogP contribution in [0.25, 0.3) is 0 Å². The van der Waals surface area contributed by atoms with Gasteiger partial charge in [0.15, 0.2) is 11.5 Å². The van der Waals surface area contributed by atoms with Crippen molar-refractivity contribution in [3.63, 3.8) is 0 Å². The van der Waals surface area contributed by atoms with E-state index in [1.165, 1.54) is 18.6 Å². The molecule has 122 valence electrons. The first-order valence-electron chi connectivity index (χ1n) is 7.12. The lowest BCUT2D eigenvalue weighted by Crippen LogP contribution is -2.34. The number of fused-ring (bicyclic) bond motifs is 1. The van der Waals surface area contributed by atoms with Gasteiger partial charge in [0, 0.05) is 18.0 Å². The molecule has 0 bridgehead atoms. The fourth-order valence-electron chi connectivity index (χ4n) is 1.98. The monoisotopic (exact) mass is 326 g/mol. The number of hydrogen-bond donors (Lipinski definition) is 2. The Bertz CT molecular complexity index is 777. The molecule has 0 fully saturated rings. The van der Waals surface area contributed by atoms with Gasteiger partial charge < -0.3 is 14.8 Å². The number of nitrogens with one attached hydrogen (secondary N) is 2. The highest BCUT2D eigenvalue weighted by molar-refractivity contribution is 5.96. The first-order valence-corrected chi connectivity index (χ1v) is 7.12. The smallest absolute Gasteiger partial charge is 0.259 e. The molecule has 1 aromatic heterocycles. The number of nitrogens with zero attached hydrogens (tertiary/aromatic N) is 2. The molecule has 8 heteroatoms. The Labute approximate surface area is 137 Å². The minimum Gasteiger partial charge on any atom is -0.454 e. The topological polar surface area (TPSA) is 102 Å². The summed E-state index contributed by atoms with van der Waals surface area (Å²) in [6.45, 7) is 0.0173. The fraction of sp³-hybridized carbons (Fsp3) is 0.125. The molecule has 0 unspecified atom stereocenters. The maximum Gasteiger partial charge on any atom is 0.259 e. The molecule has 0 spiro atoms. The van der Waals surface area contributed by atoms with Crippen molar-refractivity contribution in [3.05, 3.63) is 53.9 Å². The lowest BCUT2D eigenvalue weighted by molar-refractivity contribution is -0.120. The van der Waals surface area contributed by atoms with Gasteiger partial charge in [-0.25, -0.2) is 5.43 Å². The predicted molar refractivity (Wildman–Crippen MR) is 84.9 cm³/mol. The predicted octanol–water partition coefficient (Wildman–Crippen LogP) is 0.690. The Balaban J connectivity index is 1.46. The lowest BCUT2D eigenvalue weighted by atomic mass is 10.2. The second-order valence-corrected chi connectivity index (χ2v) is 4.82. The van der Waals surface area contributed by atoms with Gasteiger partial charge in [-0.2, -0.15) is 5.10 Å². The molecule has 1 aliphatic rings. The molecule has 0 radical (unpaired) electrons. The Morgan fingerprint density at radius 2 is 1.96 bits per heavy atom. The molecule has 1 aromatic carbocycles. The van der Waals surface area contributed by atoms with Crippen molar-refractivity contribution in [1.29, 1.82) is 0 Å². The van der Waals surface area contributed by atoms with Crippen LogP contribution in [0.1, 0.15) is 15.9 Å². The normalized spacial score (nSPS) is 12.2. The molecular formula is C16H14N4O4. The number of hydrazone groups is 1. The van der Waals surface area contributed by atoms with E-state index >= 15 is 0 Å². The van der Waals surface area contributed by atoms with E-state index in [1.807, 2.05) is 0 Å². The number of carbonyl (C=O) groups is 2. The van der Waals surface area contributed by atoms with Gasteiger partial charge >= 0.3 is 0 Å². The third-order valence-corrected chi connectivity index (χ3v) is 3.15. The molecule has 8 nitrogen and oxygen atoms in total. The van der Waals surface area contributed by atoms with E-state index in [4.69, 9.17) is 9.47 Å². The van der Waals surface area contributed by atoms with Gasteiger partial charge in [0.2, 0.25) is 6.79 Å². The largest absolute Gasteiger partial charge is 0.454 e. The number of pyridine rings is 1. The minimum atomic E-state index is -0.436. The molecule has 2 aromatic rings. The molecule has 2 N–H and O–H groups in total. The van der Waals surface area contributed by atoms with Crippen LogP contribution in [0, 0.1) is 0 Å². The Kier molecular flexibility index (Phi) is 4.66. The van der Waals surface area contributed by atoms with Crippen molar-refractivity contribution in [1.82, 2.24) is 15.7 Å². The highest BCUT2D eigenvalue weighted by atomic mass is 16.7. The van der Waals surface area contributed by atoms with E-state index in [1.54, 1.807) is 30.3 Å². The Hall–Kier alpha value is -3.42. The summed E-state index contributed by atoms with van der Waals surface area (Å²) < 4.78 is 10.5. The third-order valence-electron chi connectivity index (χ3n) is 3.15. The van der Waals surface area contributed by atoms with E-state index < -0.39 is 5.91 Å². The highest BCUT2D eigenvalue weighted by Gasteiger charge is 2.12. The SMILES string of the molecule is O=C(CNC(=O)c1ccncc1)N/N=C\c1ccc2c(c1)OCO2. The van der Waals surface area contributed by atoms with Gasteiger partial charge in [-0.05, 0) is 35.9 Å². The quantitative estimate of drug-likeness (QED) is 0.622. The van der Waals surface area contributed by atoms with E-state index in [0.29, 0.717) is 17.1 Å². The number of benzene rings is 1. The van der Waals surface area contributed by atoms with Gasteiger partial charge in [-0.1, -0.05) is 0 Å². The van der Waals surface area contributed by atoms with Crippen molar-refractivity contribution in [2.45, 2.75) is 0 Å². The highest BCUT2D eigenvalue weighted by Crippen LogP contribution is 2.31. The number of ether oxygens (including phenoxy) is 2. The van der Waals surface area contributed by atoms with Crippen molar-refractivity contribution in [3.8, 4) is 11.5 Å². The number of rotatable bonds is 5. The summed E-state index contributed by atoms with van der Waals surface area (Å²) in [6, 6.07) is 8.42. The van der Waals surface area contributed by atoms with Crippen molar-refractivity contribution < 1.29 is 19.1 Å². The van der Waals surface area contributed by atoms with Gasteiger partial charge in [0.05, 0.1) is 12.8 Å². The molecule has 3 rings (SSSR count). The van der Waals surface area contributed by atoms with Crippen LogP contribution in [0.3, 0.4) is 0 Å². The molecule has 24 heavy (non-hydrogen) atoms. The number of aromatic nitrogens is 1. The second-order valence-electron chi connectivity index (χ2n) is 4.82. The summed E-state index contributed by atoms with van der Waals surface area (Å²) in [6.07, 6.45) is 4.49. The molecular weight excluding hydrogens is 312 g/mol. The molecule has 0 saturated heterocycles. The number of amides is 2. The van der Waals surface area contributed by atoms with Crippen LogP contribution in [0.4, 0.5) is 0 Å². The minimum absolute atomic E-state index is 0.181. The van der Waals surface area contributed by atoms with Crippen LogP contribution >= 0.6 is 0 Å². The van der Waals surface area contributed by atoms with Crippen LogP contribution < -0.4 is 20.2 Å². The third kappa shape index (κ3) is 3.86. The number of carbonyl (C=O) groups excluding carboxylic acids is 2. The zero-order valence-electron chi connectivity index (χ0n) is 12.6. The summed E-state index contributed by atoms with van der Waals surface area (Å²) in [5.74, 6) is 0.520.